The van der Waals surface area contributed by atoms with Crippen LogP contribution >= 0.6 is 0 Å². The third kappa shape index (κ3) is 3.08. The minimum Gasteiger partial charge on any atom is -0.508 e. The number of phenolic OH excluding ortho intramolecular Hbond substituents is 1. The van der Waals surface area contributed by atoms with E-state index in [2.05, 4.69) is 16.8 Å². The van der Waals surface area contributed by atoms with E-state index in [1.165, 1.54) is 12.1 Å². The fourth-order valence-corrected chi connectivity index (χ4v) is 3.26. The molecule has 1 N–H and O–H groups in total. The molecule has 0 aromatic heterocycles. The first-order valence-electron chi connectivity index (χ1n) is 7.75. The van der Waals surface area contributed by atoms with Gasteiger partial charge in [-0.1, -0.05) is 0 Å². The molecule has 5 nitrogen and oxygen atoms in total. The normalized spacial score (nSPS) is 23.9. The van der Waals surface area contributed by atoms with Crippen molar-refractivity contribution in [3.05, 3.63) is 29.6 Å². The Balaban J connectivity index is 1.65. The summed E-state index contributed by atoms with van der Waals surface area (Å²) in [5.74, 6) is -0.990. The molecule has 1 atom stereocenters. The fraction of sp³-hybridized carbons (Fsp3) is 0.562. The molecule has 2 aliphatic rings. The first-order valence-corrected chi connectivity index (χ1v) is 7.75. The number of amides is 1. The van der Waals surface area contributed by atoms with Crippen LogP contribution in [0.3, 0.4) is 0 Å². The highest BCUT2D eigenvalue weighted by molar-refractivity contribution is 5.95. The zero-order valence-corrected chi connectivity index (χ0v) is 12.8. The Labute approximate surface area is 129 Å². The van der Waals surface area contributed by atoms with Crippen LogP contribution < -0.4 is 0 Å². The van der Waals surface area contributed by atoms with Crippen LogP contribution in [0, 0.1) is 5.82 Å². The monoisotopic (exact) mass is 307 g/mol. The van der Waals surface area contributed by atoms with Crippen molar-refractivity contribution in [1.29, 1.82) is 0 Å². The van der Waals surface area contributed by atoms with E-state index >= 15 is 0 Å². The van der Waals surface area contributed by atoms with Crippen molar-refractivity contribution in [3.63, 3.8) is 0 Å². The second kappa shape index (κ2) is 6.22. The lowest BCUT2D eigenvalue weighted by Gasteiger charge is -2.36. The van der Waals surface area contributed by atoms with Crippen molar-refractivity contribution < 1.29 is 14.3 Å². The number of carbonyl (C=O) groups excluding carboxylic acids is 1. The number of likely N-dealkylation sites (N-methyl/N-ethyl adjacent to an activating group) is 1. The van der Waals surface area contributed by atoms with E-state index in [0.717, 1.165) is 38.7 Å². The molecule has 1 amide bonds. The van der Waals surface area contributed by atoms with Gasteiger partial charge in [0.15, 0.2) is 0 Å². The number of hydrogen-bond acceptors (Lipinski definition) is 4. The van der Waals surface area contributed by atoms with Gasteiger partial charge >= 0.3 is 0 Å². The van der Waals surface area contributed by atoms with E-state index in [1.54, 1.807) is 4.90 Å². The number of phenols is 1. The maximum absolute atomic E-state index is 13.8. The fourth-order valence-electron chi connectivity index (χ4n) is 3.26. The van der Waals surface area contributed by atoms with Gasteiger partial charge in [-0.05, 0) is 31.7 Å². The Morgan fingerprint density at radius 1 is 1.23 bits per heavy atom. The van der Waals surface area contributed by atoms with Crippen LogP contribution in [0.5, 0.6) is 5.75 Å². The standard InChI is InChI=1S/C16H22FN3O2/c1-18-6-8-19(9-7-18)12-4-5-20(11-12)16(22)14-10-13(21)2-3-15(14)17/h2-3,10,12,21H,4-9,11H2,1H3/t12-/m0/s1. The van der Waals surface area contributed by atoms with Crippen LogP contribution in [0.25, 0.3) is 0 Å². The lowest BCUT2D eigenvalue weighted by atomic mass is 10.1. The van der Waals surface area contributed by atoms with E-state index in [9.17, 15) is 14.3 Å². The number of benzene rings is 1. The highest BCUT2D eigenvalue weighted by Crippen LogP contribution is 2.22. The summed E-state index contributed by atoms with van der Waals surface area (Å²) in [6.45, 7) is 5.41. The summed E-state index contributed by atoms with van der Waals surface area (Å²) in [5.41, 5.74) is -0.0426. The summed E-state index contributed by atoms with van der Waals surface area (Å²) in [4.78, 5) is 18.9. The van der Waals surface area contributed by atoms with E-state index in [0.29, 0.717) is 19.1 Å². The van der Waals surface area contributed by atoms with Crippen molar-refractivity contribution in [2.75, 3.05) is 46.3 Å². The zero-order chi connectivity index (χ0) is 15.7. The van der Waals surface area contributed by atoms with Crippen molar-refractivity contribution in [2.45, 2.75) is 12.5 Å². The molecule has 1 aromatic carbocycles. The highest BCUT2D eigenvalue weighted by Gasteiger charge is 2.32. The Bertz CT molecular complexity index is 558. The Kier molecular flexibility index (Phi) is 4.31. The summed E-state index contributed by atoms with van der Waals surface area (Å²) < 4.78 is 13.8. The number of carbonyl (C=O) groups is 1. The molecule has 2 fully saturated rings. The van der Waals surface area contributed by atoms with Gasteiger partial charge in [0, 0.05) is 45.3 Å². The maximum Gasteiger partial charge on any atom is 0.257 e. The van der Waals surface area contributed by atoms with E-state index in [4.69, 9.17) is 0 Å². The SMILES string of the molecule is CN1CCN([C@H]2CCN(C(=O)c3cc(O)ccc3F)C2)CC1. The Morgan fingerprint density at radius 3 is 2.68 bits per heavy atom. The Morgan fingerprint density at radius 2 is 1.95 bits per heavy atom. The molecule has 0 unspecified atom stereocenters. The largest absolute Gasteiger partial charge is 0.508 e. The van der Waals surface area contributed by atoms with E-state index < -0.39 is 5.82 Å². The van der Waals surface area contributed by atoms with Gasteiger partial charge in [0.2, 0.25) is 0 Å². The molecular weight excluding hydrogens is 285 g/mol. The molecule has 2 saturated heterocycles. The molecule has 0 radical (unpaired) electrons. The number of halogens is 1. The first-order chi connectivity index (χ1) is 10.5. The molecule has 6 heteroatoms. The predicted molar refractivity (Wildman–Crippen MR) is 81.4 cm³/mol. The second-order valence-corrected chi connectivity index (χ2v) is 6.20. The number of hydrogen-bond donors (Lipinski definition) is 1. The van der Waals surface area contributed by atoms with Gasteiger partial charge in [-0.25, -0.2) is 4.39 Å². The molecular formula is C16H22FN3O2. The van der Waals surface area contributed by atoms with Crippen LogP contribution in [0.2, 0.25) is 0 Å². The van der Waals surface area contributed by atoms with Crippen LogP contribution in [-0.2, 0) is 0 Å². The molecule has 2 aliphatic heterocycles. The third-order valence-electron chi connectivity index (χ3n) is 4.69. The average Bonchev–Trinajstić information content (AvgIpc) is 2.99. The van der Waals surface area contributed by atoms with Gasteiger partial charge in [-0.2, -0.15) is 0 Å². The third-order valence-corrected chi connectivity index (χ3v) is 4.69. The smallest absolute Gasteiger partial charge is 0.257 e. The first kappa shape index (κ1) is 15.2. The molecule has 0 bridgehead atoms. The molecule has 2 heterocycles. The molecule has 1 aromatic rings. The number of likely N-dealkylation sites (tertiary alicyclic amines) is 1. The van der Waals surface area contributed by atoms with Crippen molar-refractivity contribution in [3.8, 4) is 5.75 Å². The molecule has 120 valence electrons. The highest BCUT2D eigenvalue weighted by atomic mass is 19.1. The van der Waals surface area contributed by atoms with Crippen LogP contribution in [0.15, 0.2) is 18.2 Å². The van der Waals surface area contributed by atoms with Gasteiger partial charge in [0.25, 0.3) is 5.91 Å². The summed E-state index contributed by atoms with van der Waals surface area (Å²) in [5, 5.41) is 9.46. The second-order valence-electron chi connectivity index (χ2n) is 6.20. The summed E-state index contributed by atoms with van der Waals surface area (Å²) in [7, 11) is 2.12. The zero-order valence-electron chi connectivity index (χ0n) is 12.8. The van der Waals surface area contributed by atoms with Gasteiger partial charge in [0.05, 0.1) is 5.56 Å². The number of rotatable bonds is 2. The van der Waals surface area contributed by atoms with E-state index in [1.807, 2.05) is 0 Å². The van der Waals surface area contributed by atoms with Crippen molar-refractivity contribution >= 4 is 5.91 Å². The average molecular weight is 307 g/mol. The molecule has 0 spiro atoms. The minimum atomic E-state index is -0.578. The molecule has 0 saturated carbocycles. The lowest BCUT2D eigenvalue weighted by Crippen LogP contribution is -2.50. The summed E-state index contributed by atoms with van der Waals surface area (Å²) in [6.07, 6.45) is 0.926. The van der Waals surface area contributed by atoms with Crippen LogP contribution in [0.1, 0.15) is 16.8 Å². The Hall–Kier alpha value is -1.66. The van der Waals surface area contributed by atoms with Gasteiger partial charge < -0.3 is 14.9 Å². The predicted octanol–water partition coefficient (Wildman–Crippen LogP) is 0.993. The minimum absolute atomic E-state index is 0.0426. The topological polar surface area (TPSA) is 47.0 Å². The molecule has 22 heavy (non-hydrogen) atoms. The summed E-state index contributed by atoms with van der Waals surface area (Å²) in [6, 6.07) is 3.96. The van der Waals surface area contributed by atoms with Gasteiger partial charge in [-0.15, -0.1) is 0 Å². The van der Waals surface area contributed by atoms with Gasteiger partial charge in [0.1, 0.15) is 11.6 Å². The molecule has 3 rings (SSSR count). The number of piperazine rings is 1. The number of aromatic hydroxyl groups is 1. The van der Waals surface area contributed by atoms with Crippen LogP contribution in [-0.4, -0.2) is 78.1 Å². The lowest BCUT2D eigenvalue weighted by molar-refractivity contribution is 0.0750. The van der Waals surface area contributed by atoms with E-state index in [-0.39, 0.29) is 17.2 Å². The van der Waals surface area contributed by atoms with Crippen LogP contribution in [0.4, 0.5) is 4.39 Å². The summed E-state index contributed by atoms with van der Waals surface area (Å²) >= 11 is 0. The van der Waals surface area contributed by atoms with Gasteiger partial charge in [-0.3, -0.25) is 9.69 Å². The van der Waals surface area contributed by atoms with Crippen molar-refractivity contribution in [1.82, 2.24) is 14.7 Å². The van der Waals surface area contributed by atoms with Crippen molar-refractivity contribution in [2.24, 2.45) is 0 Å². The number of nitrogens with zero attached hydrogens (tertiary/aromatic N) is 3. The molecule has 0 aliphatic carbocycles. The maximum atomic E-state index is 13.8. The quantitative estimate of drug-likeness (QED) is 0.885.